The maximum absolute atomic E-state index is 12.1. The Morgan fingerprint density at radius 1 is 1.45 bits per heavy atom. The maximum Gasteiger partial charge on any atom is 0.233 e. The second-order valence-electron chi connectivity index (χ2n) is 4.76. The third kappa shape index (κ3) is 3.90. The average Bonchev–Trinajstić information content (AvgIpc) is 2.95. The minimum atomic E-state index is 0.0171. The summed E-state index contributed by atoms with van der Waals surface area (Å²) < 4.78 is 5.38. The molecule has 110 valence electrons. The van der Waals surface area contributed by atoms with E-state index in [9.17, 15) is 9.90 Å². The van der Waals surface area contributed by atoms with Gasteiger partial charge in [-0.3, -0.25) is 4.79 Å². The van der Waals surface area contributed by atoms with Crippen molar-refractivity contribution in [3.05, 3.63) is 24.3 Å². The first kappa shape index (κ1) is 15.2. The van der Waals surface area contributed by atoms with Gasteiger partial charge >= 0.3 is 0 Å². The number of carbonyl (C=O) groups excluding carboxylic acids is 1. The van der Waals surface area contributed by atoms with Crippen molar-refractivity contribution in [1.29, 1.82) is 0 Å². The van der Waals surface area contributed by atoms with Crippen LogP contribution < -0.4 is 4.74 Å². The Morgan fingerprint density at radius 3 is 2.85 bits per heavy atom. The summed E-state index contributed by atoms with van der Waals surface area (Å²) in [5.74, 6) is 1.38. The van der Waals surface area contributed by atoms with Crippen molar-refractivity contribution >= 4 is 17.7 Å². The summed E-state index contributed by atoms with van der Waals surface area (Å²) in [5.41, 5.74) is 0. The molecular weight excluding hydrogens is 274 g/mol. The summed E-state index contributed by atoms with van der Waals surface area (Å²) in [6.45, 7) is 3.45. The SMILES string of the molecule is CCOc1ccc(SCC(=O)N2CCC[C@H]2CO)cc1. The Kier molecular flexibility index (Phi) is 5.73. The number of carbonyl (C=O) groups is 1. The number of rotatable bonds is 6. The highest BCUT2D eigenvalue weighted by atomic mass is 32.2. The summed E-state index contributed by atoms with van der Waals surface area (Å²) in [7, 11) is 0. The number of benzene rings is 1. The van der Waals surface area contributed by atoms with E-state index in [4.69, 9.17) is 4.74 Å². The monoisotopic (exact) mass is 295 g/mol. The third-order valence-corrected chi connectivity index (χ3v) is 4.40. The van der Waals surface area contributed by atoms with Gasteiger partial charge in [0.05, 0.1) is 25.0 Å². The molecule has 2 rings (SSSR count). The van der Waals surface area contributed by atoms with Gasteiger partial charge in [-0.25, -0.2) is 0 Å². The summed E-state index contributed by atoms with van der Waals surface area (Å²) >= 11 is 1.53. The number of amides is 1. The average molecular weight is 295 g/mol. The molecule has 4 nitrogen and oxygen atoms in total. The lowest BCUT2D eigenvalue weighted by atomic mass is 10.2. The fraction of sp³-hybridized carbons (Fsp3) is 0.533. The van der Waals surface area contributed by atoms with E-state index in [-0.39, 0.29) is 18.6 Å². The van der Waals surface area contributed by atoms with Crippen LogP contribution in [0.2, 0.25) is 0 Å². The van der Waals surface area contributed by atoms with E-state index in [1.807, 2.05) is 36.1 Å². The van der Waals surface area contributed by atoms with Crippen LogP contribution in [0, 0.1) is 0 Å². The van der Waals surface area contributed by atoms with Gasteiger partial charge in [0.25, 0.3) is 0 Å². The van der Waals surface area contributed by atoms with E-state index >= 15 is 0 Å². The smallest absolute Gasteiger partial charge is 0.233 e. The van der Waals surface area contributed by atoms with Crippen LogP contribution in [0.3, 0.4) is 0 Å². The van der Waals surface area contributed by atoms with E-state index in [1.54, 1.807) is 0 Å². The van der Waals surface area contributed by atoms with Crippen LogP contribution >= 0.6 is 11.8 Å². The van der Waals surface area contributed by atoms with Crippen molar-refractivity contribution in [2.24, 2.45) is 0 Å². The van der Waals surface area contributed by atoms with E-state index < -0.39 is 0 Å². The van der Waals surface area contributed by atoms with Crippen molar-refractivity contribution in [2.45, 2.75) is 30.7 Å². The molecule has 1 aromatic rings. The molecular formula is C15H21NO3S. The molecule has 1 saturated heterocycles. The molecule has 0 aromatic heterocycles. The lowest BCUT2D eigenvalue weighted by molar-refractivity contribution is -0.129. The predicted molar refractivity (Wildman–Crippen MR) is 80.2 cm³/mol. The van der Waals surface area contributed by atoms with Crippen LogP contribution in [0.1, 0.15) is 19.8 Å². The van der Waals surface area contributed by atoms with Gasteiger partial charge in [0.15, 0.2) is 0 Å². The first-order valence-electron chi connectivity index (χ1n) is 7.00. The molecule has 1 aliphatic rings. The maximum atomic E-state index is 12.1. The second-order valence-corrected chi connectivity index (χ2v) is 5.81. The zero-order valence-corrected chi connectivity index (χ0v) is 12.6. The molecule has 0 saturated carbocycles. The first-order chi connectivity index (χ1) is 9.74. The second kappa shape index (κ2) is 7.55. The number of thioether (sulfide) groups is 1. The molecule has 1 heterocycles. The van der Waals surface area contributed by atoms with E-state index in [0.29, 0.717) is 12.4 Å². The molecule has 0 aliphatic carbocycles. The number of aliphatic hydroxyl groups is 1. The normalized spacial score (nSPS) is 18.3. The largest absolute Gasteiger partial charge is 0.494 e. The molecule has 1 N–H and O–H groups in total. The van der Waals surface area contributed by atoms with Gasteiger partial charge in [0, 0.05) is 11.4 Å². The lowest BCUT2D eigenvalue weighted by Crippen LogP contribution is -2.38. The Labute approximate surface area is 124 Å². The number of nitrogens with zero attached hydrogens (tertiary/aromatic N) is 1. The van der Waals surface area contributed by atoms with Crippen LogP contribution in [-0.4, -0.2) is 47.5 Å². The summed E-state index contributed by atoms with van der Waals surface area (Å²) in [5, 5.41) is 9.24. The molecule has 0 unspecified atom stereocenters. The van der Waals surface area contributed by atoms with Crippen molar-refractivity contribution in [3.8, 4) is 5.75 Å². The van der Waals surface area contributed by atoms with Crippen molar-refractivity contribution in [1.82, 2.24) is 4.90 Å². The van der Waals surface area contributed by atoms with Crippen molar-refractivity contribution < 1.29 is 14.6 Å². The molecule has 20 heavy (non-hydrogen) atoms. The molecule has 1 amide bonds. The fourth-order valence-corrected chi connectivity index (χ4v) is 3.17. The van der Waals surface area contributed by atoms with Crippen molar-refractivity contribution in [2.75, 3.05) is 25.5 Å². The Bertz CT molecular complexity index is 435. The van der Waals surface area contributed by atoms with Gasteiger partial charge in [0.2, 0.25) is 5.91 Å². The van der Waals surface area contributed by atoms with Gasteiger partial charge in [-0.1, -0.05) is 0 Å². The first-order valence-corrected chi connectivity index (χ1v) is 7.99. The Hall–Kier alpha value is -1.20. The van der Waals surface area contributed by atoms with Gasteiger partial charge < -0.3 is 14.7 Å². The highest BCUT2D eigenvalue weighted by molar-refractivity contribution is 8.00. The van der Waals surface area contributed by atoms with Crippen LogP contribution in [0.5, 0.6) is 5.75 Å². The number of aliphatic hydroxyl groups excluding tert-OH is 1. The zero-order chi connectivity index (χ0) is 14.4. The van der Waals surface area contributed by atoms with Crippen LogP contribution in [0.4, 0.5) is 0 Å². The quantitative estimate of drug-likeness (QED) is 0.817. The van der Waals surface area contributed by atoms with Gasteiger partial charge in [0.1, 0.15) is 5.75 Å². The highest BCUT2D eigenvalue weighted by Crippen LogP contribution is 2.24. The standard InChI is InChI=1S/C15H21NO3S/c1-2-19-13-5-7-14(8-6-13)20-11-15(18)16-9-3-4-12(16)10-17/h5-8,12,17H,2-4,9-11H2,1H3/t12-/m0/s1. The molecule has 1 atom stereocenters. The minimum Gasteiger partial charge on any atom is -0.494 e. The lowest BCUT2D eigenvalue weighted by Gasteiger charge is -2.22. The molecule has 0 radical (unpaired) electrons. The summed E-state index contributed by atoms with van der Waals surface area (Å²) in [6, 6.07) is 7.79. The van der Waals surface area contributed by atoms with E-state index in [0.717, 1.165) is 30.0 Å². The van der Waals surface area contributed by atoms with Crippen molar-refractivity contribution in [3.63, 3.8) is 0 Å². The van der Waals surface area contributed by atoms with Gasteiger partial charge in [-0.05, 0) is 44.0 Å². The van der Waals surface area contributed by atoms with Gasteiger partial charge in [-0.2, -0.15) is 0 Å². The number of likely N-dealkylation sites (tertiary alicyclic amines) is 1. The molecule has 1 aromatic carbocycles. The Morgan fingerprint density at radius 2 is 2.20 bits per heavy atom. The summed E-state index contributed by atoms with van der Waals surface area (Å²) in [4.78, 5) is 15.0. The fourth-order valence-electron chi connectivity index (χ4n) is 2.38. The highest BCUT2D eigenvalue weighted by Gasteiger charge is 2.27. The minimum absolute atomic E-state index is 0.0171. The van der Waals surface area contributed by atoms with Crippen LogP contribution in [-0.2, 0) is 4.79 Å². The number of ether oxygens (including phenoxy) is 1. The predicted octanol–water partition coefficient (Wildman–Crippen LogP) is 2.16. The zero-order valence-electron chi connectivity index (χ0n) is 11.7. The van der Waals surface area contributed by atoms with Crippen LogP contribution in [0.25, 0.3) is 0 Å². The third-order valence-electron chi connectivity index (χ3n) is 3.41. The Balaban J connectivity index is 1.83. The topological polar surface area (TPSA) is 49.8 Å². The molecule has 5 heteroatoms. The molecule has 1 fully saturated rings. The van der Waals surface area contributed by atoms with Crippen LogP contribution in [0.15, 0.2) is 29.2 Å². The molecule has 0 spiro atoms. The van der Waals surface area contributed by atoms with E-state index in [2.05, 4.69) is 0 Å². The summed E-state index contributed by atoms with van der Waals surface area (Å²) in [6.07, 6.45) is 1.90. The molecule has 0 bridgehead atoms. The molecule has 1 aliphatic heterocycles. The number of hydrogen-bond donors (Lipinski definition) is 1. The number of hydrogen-bond acceptors (Lipinski definition) is 4. The van der Waals surface area contributed by atoms with Gasteiger partial charge in [-0.15, -0.1) is 11.8 Å². The van der Waals surface area contributed by atoms with E-state index in [1.165, 1.54) is 11.8 Å².